The Hall–Kier alpha value is -1.76. The van der Waals surface area contributed by atoms with Crippen LogP contribution in [0.5, 0.6) is 0 Å². The Balaban J connectivity index is 1.84. The number of nitrogens with one attached hydrogen (secondary N) is 1. The van der Waals surface area contributed by atoms with E-state index in [9.17, 15) is 4.79 Å². The van der Waals surface area contributed by atoms with Gasteiger partial charge >= 0.3 is 0 Å². The smallest absolute Gasteiger partial charge is 0.235 e. The molecule has 114 valence electrons. The highest BCUT2D eigenvalue weighted by atomic mass is 32.2. The zero-order valence-corrected chi connectivity index (χ0v) is 13.5. The van der Waals surface area contributed by atoms with Gasteiger partial charge in [-0.3, -0.25) is 4.79 Å². The minimum atomic E-state index is -0.0332. The molecular weight excluding hydrogens is 288 g/mol. The Morgan fingerprint density at radius 2 is 2.24 bits per heavy atom. The fourth-order valence-electron chi connectivity index (χ4n) is 1.96. The van der Waals surface area contributed by atoms with Gasteiger partial charge in [0.1, 0.15) is 11.6 Å². The van der Waals surface area contributed by atoms with Crippen LogP contribution in [0.1, 0.15) is 36.9 Å². The average molecular weight is 308 g/mol. The van der Waals surface area contributed by atoms with Crippen molar-refractivity contribution in [3.05, 3.63) is 29.3 Å². The molecule has 2 heterocycles. The molecule has 0 aromatic carbocycles. The van der Waals surface area contributed by atoms with Crippen LogP contribution in [0.15, 0.2) is 16.8 Å². The lowest BCUT2D eigenvalue weighted by Gasteiger charge is -2.11. The van der Waals surface area contributed by atoms with E-state index in [1.807, 2.05) is 27.7 Å². The molecule has 6 nitrogen and oxygen atoms in total. The highest BCUT2D eigenvalue weighted by Crippen LogP contribution is 2.20. The third kappa shape index (κ3) is 3.87. The van der Waals surface area contributed by atoms with Gasteiger partial charge in [0.2, 0.25) is 5.91 Å². The third-order valence-electron chi connectivity index (χ3n) is 3.09. The minimum Gasteiger partial charge on any atom is -0.361 e. The Morgan fingerprint density at radius 1 is 1.48 bits per heavy atom. The second-order valence-corrected chi connectivity index (χ2v) is 6.08. The van der Waals surface area contributed by atoms with Crippen molar-refractivity contribution in [1.29, 1.82) is 0 Å². The minimum absolute atomic E-state index is 0.0332. The van der Waals surface area contributed by atoms with Gasteiger partial charge in [0, 0.05) is 23.4 Å². The number of carbonyl (C=O) groups excluding carboxylic acids is 1. The predicted octanol–water partition coefficient (Wildman–Crippen LogP) is 2.94. The largest absolute Gasteiger partial charge is 0.361 e. The second kappa shape index (κ2) is 6.80. The molecule has 0 aliphatic heterocycles. The lowest BCUT2D eigenvalue weighted by molar-refractivity contribution is -0.113. The van der Waals surface area contributed by atoms with Gasteiger partial charge in [-0.05, 0) is 27.7 Å². The molecule has 0 bridgehead atoms. The van der Waals surface area contributed by atoms with Crippen LogP contribution in [-0.4, -0.2) is 26.6 Å². The average Bonchev–Trinajstić information content (AvgIpc) is 2.99. The van der Waals surface area contributed by atoms with Crippen molar-refractivity contribution in [2.24, 2.45) is 0 Å². The van der Waals surface area contributed by atoms with E-state index in [1.54, 1.807) is 28.7 Å². The zero-order valence-electron chi connectivity index (χ0n) is 12.7. The fourth-order valence-corrected chi connectivity index (χ4v) is 2.93. The van der Waals surface area contributed by atoms with Gasteiger partial charge < -0.3 is 9.84 Å². The van der Waals surface area contributed by atoms with Crippen LogP contribution in [0, 0.1) is 13.8 Å². The van der Waals surface area contributed by atoms with Gasteiger partial charge in [0.25, 0.3) is 0 Å². The molecule has 0 fully saturated rings. The number of amides is 1. The summed E-state index contributed by atoms with van der Waals surface area (Å²) in [5.74, 6) is 2.62. The van der Waals surface area contributed by atoms with Crippen LogP contribution in [-0.2, 0) is 10.5 Å². The monoisotopic (exact) mass is 308 g/mol. The molecule has 0 aliphatic rings. The van der Waals surface area contributed by atoms with Crippen molar-refractivity contribution in [3.63, 3.8) is 0 Å². The molecule has 21 heavy (non-hydrogen) atoms. The van der Waals surface area contributed by atoms with Crippen molar-refractivity contribution in [1.82, 2.24) is 14.9 Å². The normalized spacial score (nSPS) is 11.1. The maximum Gasteiger partial charge on any atom is 0.235 e. The molecular formula is C14H20N4O2S. The van der Waals surface area contributed by atoms with Gasteiger partial charge in [-0.25, -0.2) is 4.68 Å². The quantitative estimate of drug-likeness (QED) is 0.888. The molecule has 0 radical (unpaired) electrons. The van der Waals surface area contributed by atoms with Crippen LogP contribution in [0.25, 0.3) is 0 Å². The Kier molecular flexibility index (Phi) is 5.06. The highest BCUT2D eigenvalue weighted by molar-refractivity contribution is 7.99. The number of aromatic nitrogens is 3. The number of nitrogens with zero attached hydrogens (tertiary/aromatic N) is 3. The van der Waals surface area contributed by atoms with Crippen LogP contribution in [0.4, 0.5) is 5.82 Å². The van der Waals surface area contributed by atoms with E-state index in [1.165, 1.54) is 0 Å². The van der Waals surface area contributed by atoms with Crippen LogP contribution >= 0.6 is 11.8 Å². The van der Waals surface area contributed by atoms with Crippen molar-refractivity contribution in [3.8, 4) is 0 Å². The van der Waals surface area contributed by atoms with Crippen LogP contribution in [0.2, 0.25) is 0 Å². The lowest BCUT2D eigenvalue weighted by atomic mass is 10.2. The SMILES string of the molecule is Cc1noc(C)c1CSCC(=O)Nc1ccnn1C(C)C. The molecule has 2 aromatic rings. The molecule has 1 amide bonds. The summed E-state index contributed by atoms with van der Waals surface area (Å²) in [6.45, 7) is 7.84. The zero-order chi connectivity index (χ0) is 15.4. The number of rotatable bonds is 6. The standard InChI is InChI=1S/C14H20N4O2S/c1-9(2)18-13(5-6-15-18)16-14(19)8-21-7-12-10(3)17-20-11(12)4/h5-6,9H,7-8H2,1-4H3,(H,16,19). The molecule has 0 unspecified atom stereocenters. The van der Waals surface area contributed by atoms with E-state index in [0.29, 0.717) is 5.75 Å². The predicted molar refractivity (Wildman–Crippen MR) is 83.4 cm³/mol. The Morgan fingerprint density at radius 3 is 2.86 bits per heavy atom. The summed E-state index contributed by atoms with van der Waals surface area (Å²) in [5.41, 5.74) is 1.96. The molecule has 0 atom stereocenters. The number of anilines is 1. The Bertz CT molecular complexity index is 599. The molecule has 0 saturated heterocycles. The lowest BCUT2D eigenvalue weighted by Crippen LogP contribution is -2.18. The first-order chi connectivity index (χ1) is 9.99. The Labute approximate surface area is 128 Å². The summed E-state index contributed by atoms with van der Waals surface area (Å²) in [5, 5.41) is 11.0. The summed E-state index contributed by atoms with van der Waals surface area (Å²) in [6, 6.07) is 2.02. The molecule has 7 heteroatoms. The van der Waals surface area contributed by atoms with Gasteiger partial charge in [-0.1, -0.05) is 5.16 Å². The molecule has 0 aliphatic carbocycles. The molecule has 2 rings (SSSR count). The van der Waals surface area contributed by atoms with E-state index in [0.717, 1.165) is 28.6 Å². The first kappa shape index (κ1) is 15.6. The molecule has 2 aromatic heterocycles. The first-order valence-electron chi connectivity index (χ1n) is 6.82. The number of hydrogen-bond donors (Lipinski definition) is 1. The molecule has 0 saturated carbocycles. The maximum atomic E-state index is 12.0. The molecule has 1 N–H and O–H groups in total. The maximum absolute atomic E-state index is 12.0. The van der Waals surface area contributed by atoms with Crippen molar-refractivity contribution in [2.45, 2.75) is 39.5 Å². The van der Waals surface area contributed by atoms with Gasteiger partial charge in [-0.15, -0.1) is 11.8 Å². The highest BCUT2D eigenvalue weighted by Gasteiger charge is 2.12. The number of thioether (sulfide) groups is 1. The number of carbonyl (C=O) groups is 1. The van der Waals surface area contributed by atoms with Crippen LogP contribution in [0.3, 0.4) is 0 Å². The van der Waals surface area contributed by atoms with E-state index < -0.39 is 0 Å². The summed E-state index contributed by atoms with van der Waals surface area (Å²) in [7, 11) is 0. The van der Waals surface area contributed by atoms with Gasteiger partial charge in [-0.2, -0.15) is 5.10 Å². The van der Waals surface area contributed by atoms with E-state index in [2.05, 4.69) is 15.6 Å². The number of aryl methyl sites for hydroxylation is 2. The van der Waals surface area contributed by atoms with E-state index >= 15 is 0 Å². The molecule has 0 spiro atoms. The van der Waals surface area contributed by atoms with Crippen molar-refractivity contribution in [2.75, 3.05) is 11.1 Å². The van der Waals surface area contributed by atoms with Crippen molar-refractivity contribution < 1.29 is 9.32 Å². The summed E-state index contributed by atoms with van der Waals surface area (Å²) in [6.07, 6.45) is 1.69. The van der Waals surface area contributed by atoms with Crippen LogP contribution < -0.4 is 5.32 Å². The van der Waals surface area contributed by atoms with Crippen molar-refractivity contribution >= 4 is 23.5 Å². The van der Waals surface area contributed by atoms with Gasteiger partial charge in [0.15, 0.2) is 0 Å². The number of hydrogen-bond acceptors (Lipinski definition) is 5. The van der Waals surface area contributed by atoms with E-state index in [4.69, 9.17) is 4.52 Å². The summed E-state index contributed by atoms with van der Waals surface area (Å²) in [4.78, 5) is 12.0. The fraction of sp³-hybridized carbons (Fsp3) is 0.500. The summed E-state index contributed by atoms with van der Waals surface area (Å²) >= 11 is 1.54. The summed E-state index contributed by atoms with van der Waals surface area (Å²) < 4.78 is 6.89. The van der Waals surface area contributed by atoms with E-state index in [-0.39, 0.29) is 11.9 Å². The third-order valence-corrected chi connectivity index (χ3v) is 4.05. The first-order valence-corrected chi connectivity index (χ1v) is 7.97. The second-order valence-electron chi connectivity index (χ2n) is 5.10. The van der Waals surface area contributed by atoms with Gasteiger partial charge in [0.05, 0.1) is 17.6 Å². The topological polar surface area (TPSA) is 73.0 Å².